The Kier molecular flexibility index (Phi) is 4.85. The summed E-state index contributed by atoms with van der Waals surface area (Å²) in [5.74, 6) is -0.248. The van der Waals surface area contributed by atoms with Crippen LogP contribution in [0.25, 0.3) is 11.4 Å². The van der Waals surface area contributed by atoms with Crippen molar-refractivity contribution in [2.24, 2.45) is 11.7 Å². The van der Waals surface area contributed by atoms with Crippen molar-refractivity contribution < 1.29 is 9.18 Å². The summed E-state index contributed by atoms with van der Waals surface area (Å²) in [5, 5.41) is 0. The molecule has 1 aliphatic heterocycles. The molecule has 0 aliphatic carbocycles. The molecule has 0 spiro atoms. The monoisotopic (exact) mass is 328 g/mol. The van der Waals surface area contributed by atoms with Gasteiger partial charge in [0.1, 0.15) is 5.82 Å². The second kappa shape index (κ2) is 7.05. The number of halogens is 1. The highest BCUT2D eigenvalue weighted by Crippen LogP contribution is 2.29. The normalized spacial score (nSPS) is 20.9. The van der Waals surface area contributed by atoms with E-state index in [1.807, 2.05) is 0 Å². The molecule has 2 N–H and O–H groups in total. The van der Waals surface area contributed by atoms with Crippen LogP contribution in [0, 0.1) is 11.7 Å². The van der Waals surface area contributed by atoms with E-state index in [0.717, 1.165) is 12.8 Å². The number of hydrogen-bond acceptors (Lipinski definition) is 4. The average molecular weight is 328 g/mol. The number of benzene rings is 1. The third-order valence-corrected chi connectivity index (χ3v) is 4.65. The first-order valence-electron chi connectivity index (χ1n) is 8.20. The minimum atomic E-state index is -0.557. The Balaban J connectivity index is 2.04. The van der Waals surface area contributed by atoms with E-state index in [2.05, 4.69) is 16.9 Å². The minimum absolute atomic E-state index is 0.0243. The van der Waals surface area contributed by atoms with Crippen LogP contribution in [0.2, 0.25) is 0 Å². The summed E-state index contributed by atoms with van der Waals surface area (Å²) in [4.78, 5) is 23.1. The van der Waals surface area contributed by atoms with E-state index in [4.69, 9.17) is 5.73 Å². The molecule has 1 fully saturated rings. The lowest BCUT2D eigenvalue weighted by Crippen LogP contribution is -2.51. The molecule has 0 bridgehead atoms. The van der Waals surface area contributed by atoms with Gasteiger partial charge in [0.05, 0.1) is 5.56 Å². The summed E-state index contributed by atoms with van der Waals surface area (Å²) >= 11 is 0. The lowest BCUT2D eigenvalue weighted by atomic mass is 9.89. The molecule has 0 unspecified atom stereocenters. The van der Waals surface area contributed by atoms with Crippen molar-refractivity contribution in [1.82, 2.24) is 14.9 Å². The van der Waals surface area contributed by atoms with Crippen LogP contribution in [0.1, 0.15) is 30.1 Å². The highest BCUT2D eigenvalue weighted by atomic mass is 19.1. The van der Waals surface area contributed by atoms with Crippen LogP contribution < -0.4 is 5.73 Å². The zero-order chi connectivity index (χ0) is 17.1. The lowest BCUT2D eigenvalue weighted by Gasteiger charge is -2.39. The van der Waals surface area contributed by atoms with Crippen LogP contribution in [0.15, 0.2) is 36.7 Å². The maximum Gasteiger partial charge on any atom is 0.257 e. The minimum Gasteiger partial charge on any atom is -0.334 e. The van der Waals surface area contributed by atoms with Crippen molar-refractivity contribution >= 4 is 5.91 Å². The zero-order valence-corrected chi connectivity index (χ0v) is 13.7. The third kappa shape index (κ3) is 3.01. The molecule has 1 aliphatic rings. The first-order chi connectivity index (χ1) is 11.6. The highest BCUT2D eigenvalue weighted by Gasteiger charge is 2.33. The Labute approximate surface area is 140 Å². The standard InChI is InChI=1S/C18H21FN4O/c1-12-5-3-10-23(15(12)11-20)18(24)16-13(6-2-7-14(16)19)17-21-8-4-9-22-17/h2,4,6-9,12,15H,3,5,10-11,20H2,1H3/t12-,15-/m1/s1. The Hall–Kier alpha value is -2.34. The molecule has 1 saturated heterocycles. The van der Waals surface area contributed by atoms with Gasteiger partial charge in [-0.3, -0.25) is 4.79 Å². The number of hydrogen-bond donors (Lipinski definition) is 1. The predicted molar refractivity (Wildman–Crippen MR) is 89.7 cm³/mol. The highest BCUT2D eigenvalue weighted by molar-refractivity contribution is 6.00. The third-order valence-electron chi connectivity index (χ3n) is 4.65. The summed E-state index contributed by atoms with van der Waals surface area (Å²) in [6, 6.07) is 6.15. The van der Waals surface area contributed by atoms with Gasteiger partial charge in [0.2, 0.25) is 0 Å². The van der Waals surface area contributed by atoms with Crippen molar-refractivity contribution in [1.29, 1.82) is 0 Å². The summed E-state index contributed by atoms with van der Waals surface area (Å²) in [7, 11) is 0. The fourth-order valence-electron chi connectivity index (χ4n) is 3.37. The van der Waals surface area contributed by atoms with Crippen LogP contribution in [-0.4, -0.2) is 39.9 Å². The number of nitrogens with two attached hydrogens (primary N) is 1. The first kappa shape index (κ1) is 16.5. The predicted octanol–water partition coefficient (Wildman–Crippen LogP) is 2.48. The van der Waals surface area contributed by atoms with Gasteiger partial charge in [-0.25, -0.2) is 14.4 Å². The fourth-order valence-corrected chi connectivity index (χ4v) is 3.37. The molecule has 24 heavy (non-hydrogen) atoms. The van der Waals surface area contributed by atoms with Crippen molar-refractivity contribution in [3.63, 3.8) is 0 Å². The van der Waals surface area contributed by atoms with Crippen LogP contribution in [0.3, 0.4) is 0 Å². The van der Waals surface area contributed by atoms with Gasteiger partial charge in [0.15, 0.2) is 5.82 Å². The molecule has 2 atom stereocenters. The molecule has 3 rings (SSSR count). The maximum absolute atomic E-state index is 14.5. The van der Waals surface area contributed by atoms with Gasteiger partial charge < -0.3 is 10.6 Å². The van der Waals surface area contributed by atoms with Crippen LogP contribution in [0.5, 0.6) is 0 Å². The van der Waals surface area contributed by atoms with Crippen molar-refractivity contribution in [2.45, 2.75) is 25.8 Å². The molecule has 126 valence electrons. The van der Waals surface area contributed by atoms with Crippen LogP contribution in [-0.2, 0) is 0 Å². The molecule has 5 nitrogen and oxygen atoms in total. The van der Waals surface area contributed by atoms with Gasteiger partial charge >= 0.3 is 0 Å². The number of aromatic nitrogens is 2. The van der Waals surface area contributed by atoms with E-state index in [0.29, 0.717) is 30.4 Å². The fraction of sp³-hybridized carbons (Fsp3) is 0.389. The molecule has 0 saturated carbocycles. The molecular formula is C18H21FN4O. The van der Waals surface area contributed by atoms with Crippen molar-refractivity contribution in [3.05, 3.63) is 48.0 Å². The van der Waals surface area contributed by atoms with Gasteiger partial charge in [-0.15, -0.1) is 0 Å². The maximum atomic E-state index is 14.5. The Morgan fingerprint density at radius 2 is 2.08 bits per heavy atom. The smallest absolute Gasteiger partial charge is 0.257 e. The van der Waals surface area contributed by atoms with Gasteiger partial charge in [-0.2, -0.15) is 0 Å². The van der Waals surface area contributed by atoms with E-state index in [1.165, 1.54) is 6.07 Å². The molecule has 1 aromatic heterocycles. The number of amides is 1. The molecule has 2 heterocycles. The molecular weight excluding hydrogens is 307 g/mol. The van der Waals surface area contributed by atoms with E-state index < -0.39 is 5.82 Å². The average Bonchev–Trinajstić information content (AvgIpc) is 2.61. The van der Waals surface area contributed by atoms with E-state index in [1.54, 1.807) is 35.5 Å². The van der Waals surface area contributed by atoms with Crippen molar-refractivity contribution in [3.8, 4) is 11.4 Å². The summed E-state index contributed by atoms with van der Waals surface area (Å²) < 4.78 is 14.5. The summed E-state index contributed by atoms with van der Waals surface area (Å²) in [6.07, 6.45) is 5.08. The van der Waals surface area contributed by atoms with Crippen molar-refractivity contribution in [2.75, 3.05) is 13.1 Å². The van der Waals surface area contributed by atoms with Crippen LogP contribution >= 0.6 is 0 Å². The lowest BCUT2D eigenvalue weighted by molar-refractivity contribution is 0.0528. The number of carbonyl (C=O) groups excluding carboxylic acids is 1. The molecule has 0 radical (unpaired) electrons. The summed E-state index contributed by atoms with van der Waals surface area (Å²) in [5.41, 5.74) is 6.31. The number of likely N-dealkylation sites (tertiary alicyclic amines) is 1. The van der Waals surface area contributed by atoms with E-state index in [-0.39, 0.29) is 17.5 Å². The zero-order valence-electron chi connectivity index (χ0n) is 13.7. The number of nitrogens with zero attached hydrogens (tertiary/aromatic N) is 3. The largest absolute Gasteiger partial charge is 0.334 e. The SMILES string of the molecule is C[C@@H]1CCCN(C(=O)c2c(F)cccc2-c2ncccn2)[C@@H]1CN. The Bertz CT molecular complexity index is 722. The molecule has 1 aromatic carbocycles. The van der Waals surface area contributed by atoms with Gasteiger partial charge in [0, 0.05) is 37.1 Å². The van der Waals surface area contributed by atoms with Crippen LogP contribution in [0.4, 0.5) is 4.39 Å². The first-order valence-corrected chi connectivity index (χ1v) is 8.20. The topological polar surface area (TPSA) is 72.1 Å². The quantitative estimate of drug-likeness (QED) is 0.939. The number of carbonyl (C=O) groups is 1. The number of rotatable bonds is 3. The van der Waals surface area contributed by atoms with Gasteiger partial charge in [-0.05, 0) is 30.9 Å². The summed E-state index contributed by atoms with van der Waals surface area (Å²) in [6.45, 7) is 3.05. The molecule has 1 amide bonds. The second-order valence-electron chi connectivity index (χ2n) is 6.16. The van der Waals surface area contributed by atoms with Gasteiger partial charge in [0.25, 0.3) is 5.91 Å². The second-order valence-corrected chi connectivity index (χ2v) is 6.16. The number of piperidine rings is 1. The Morgan fingerprint density at radius 1 is 1.33 bits per heavy atom. The van der Waals surface area contributed by atoms with E-state index >= 15 is 0 Å². The van der Waals surface area contributed by atoms with E-state index in [9.17, 15) is 9.18 Å². The molecule has 6 heteroatoms. The van der Waals surface area contributed by atoms with Gasteiger partial charge in [-0.1, -0.05) is 19.1 Å². The molecule has 2 aromatic rings. The Morgan fingerprint density at radius 3 is 2.79 bits per heavy atom.